The van der Waals surface area contributed by atoms with E-state index in [9.17, 15) is 19.5 Å². The number of rotatable bonds is 13. The predicted molar refractivity (Wildman–Crippen MR) is 156 cm³/mol. The molecule has 1 aromatic carbocycles. The summed E-state index contributed by atoms with van der Waals surface area (Å²) < 4.78 is 4.79. The van der Waals surface area contributed by atoms with Gasteiger partial charge >= 0.3 is 5.97 Å². The van der Waals surface area contributed by atoms with Crippen LogP contribution in [0.25, 0.3) is 0 Å². The fourth-order valence-corrected chi connectivity index (χ4v) is 9.29. The molecule has 3 aliphatic rings. The lowest BCUT2D eigenvalue weighted by Crippen LogP contribution is -2.57. The first kappa shape index (κ1) is 29.4. The predicted octanol–water partition coefficient (Wildman–Crippen LogP) is 4.44. The number of aliphatic hydroxyl groups excluding tert-OH is 1. The summed E-state index contributed by atoms with van der Waals surface area (Å²) >= 11 is 1.66. The number of nitrogens with zero attached hydrogens (tertiary/aromatic N) is 2. The molecule has 3 unspecified atom stereocenters. The van der Waals surface area contributed by atoms with E-state index in [4.69, 9.17) is 4.74 Å². The number of ether oxygens (including phenoxy) is 1. The number of aliphatic hydroxyl groups is 1. The monoisotopic (exact) mass is 554 g/mol. The molecule has 2 amide bonds. The molecule has 0 aliphatic carbocycles. The summed E-state index contributed by atoms with van der Waals surface area (Å²) in [5.74, 6) is -1.67. The average molecular weight is 555 g/mol. The quantitative estimate of drug-likeness (QED) is 0.220. The molecule has 3 saturated heterocycles. The molecule has 4 rings (SSSR count). The standard InChI is InChI=1S/C31H42N2O5S/c1-6-14-32(23-18-20(3)12-13-21(23)4)29(36)27-31-22(5)19-24(39-31)25(30(37)38-17-7-2)26(31)28(35)33(27)15-10-8-9-11-16-34/h6-7,12-13,18,22,24-27,34H,1-2,8-11,14-17,19H2,3-5H3/t22?,24-,25+,26-,27?,31?/m0/s1. The van der Waals surface area contributed by atoms with E-state index in [0.717, 1.165) is 42.5 Å². The van der Waals surface area contributed by atoms with Crippen LogP contribution < -0.4 is 4.90 Å². The first-order valence-corrected chi connectivity index (χ1v) is 15.0. The minimum atomic E-state index is -0.695. The van der Waals surface area contributed by atoms with E-state index in [1.54, 1.807) is 27.6 Å². The lowest BCUT2D eigenvalue weighted by atomic mass is 9.66. The maximum atomic E-state index is 14.7. The fourth-order valence-electron chi connectivity index (χ4n) is 6.89. The Morgan fingerprint density at radius 1 is 1.21 bits per heavy atom. The second-order valence-corrected chi connectivity index (χ2v) is 12.7. The zero-order valence-electron chi connectivity index (χ0n) is 23.4. The summed E-state index contributed by atoms with van der Waals surface area (Å²) in [7, 11) is 0. The molecule has 3 aliphatic heterocycles. The molecule has 7 nitrogen and oxygen atoms in total. The van der Waals surface area contributed by atoms with Crippen LogP contribution >= 0.6 is 11.8 Å². The van der Waals surface area contributed by atoms with Crippen molar-refractivity contribution in [3.63, 3.8) is 0 Å². The Bertz CT molecular complexity index is 1120. The van der Waals surface area contributed by atoms with Gasteiger partial charge in [-0.25, -0.2) is 0 Å². The van der Waals surface area contributed by atoms with E-state index in [1.165, 1.54) is 6.08 Å². The minimum Gasteiger partial charge on any atom is -0.461 e. The van der Waals surface area contributed by atoms with Gasteiger partial charge in [0.2, 0.25) is 5.91 Å². The average Bonchev–Trinajstić information content (AvgIpc) is 3.50. The molecule has 3 fully saturated rings. The van der Waals surface area contributed by atoms with Crippen LogP contribution in [-0.2, 0) is 19.1 Å². The van der Waals surface area contributed by atoms with Crippen LogP contribution in [0.2, 0.25) is 0 Å². The van der Waals surface area contributed by atoms with Gasteiger partial charge in [0.25, 0.3) is 5.91 Å². The number of benzene rings is 1. The van der Waals surface area contributed by atoms with Gasteiger partial charge in [-0.3, -0.25) is 14.4 Å². The summed E-state index contributed by atoms with van der Waals surface area (Å²) in [6, 6.07) is 5.37. The third kappa shape index (κ3) is 5.18. The van der Waals surface area contributed by atoms with Crippen LogP contribution in [0.3, 0.4) is 0 Å². The van der Waals surface area contributed by atoms with Gasteiger partial charge in [-0.2, -0.15) is 0 Å². The number of carbonyl (C=O) groups excluding carboxylic acids is 3. The molecule has 1 aromatic rings. The topological polar surface area (TPSA) is 87.2 Å². The first-order valence-electron chi connectivity index (χ1n) is 14.1. The fraction of sp³-hybridized carbons (Fsp3) is 0.581. The van der Waals surface area contributed by atoms with E-state index in [0.29, 0.717) is 19.5 Å². The van der Waals surface area contributed by atoms with Crippen molar-refractivity contribution in [3.8, 4) is 0 Å². The van der Waals surface area contributed by atoms with Crippen LogP contribution in [0.15, 0.2) is 43.5 Å². The smallest absolute Gasteiger partial charge is 0.311 e. The van der Waals surface area contributed by atoms with Crippen molar-refractivity contribution in [1.82, 2.24) is 4.90 Å². The molecule has 3 heterocycles. The lowest BCUT2D eigenvalue weighted by Gasteiger charge is -2.40. The van der Waals surface area contributed by atoms with Gasteiger partial charge in [0, 0.05) is 30.6 Å². The van der Waals surface area contributed by atoms with Crippen molar-refractivity contribution in [1.29, 1.82) is 0 Å². The second kappa shape index (κ2) is 12.3. The number of fused-ring (bicyclic) bond motifs is 1. The van der Waals surface area contributed by atoms with Crippen molar-refractivity contribution in [3.05, 3.63) is 54.6 Å². The SMILES string of the molecule is C=CCOC(=O)[C@@H]1[C@@H]2CC(C)C3(S2)C(C(=O)N(CC=C)c2cc(C)ccc2C)N(CCCCCCO)C(=O)[C@H]13. The van der Waals surface area contributed by atoms with Gasteiger partial charge in [0.1, 0.15) is 12.6 Å². The lowest BCUT2D eigenvalue weighted by molar-refractivity contribution is -0.153. The van der Waals surface area contributed by atoms with E-state index in [-0.39, 0.29) is 42.2 Å². The van der Waals surface area contributed by atoms with Crippen LogP contribution in [0, 0.1) is 31.6 Å². The number of likely N-dealkylation sites (tertiary alicyclic amines) is 1. The molecular weight excluding hydrogens is 512 g/mol. The number of hydrogen-bond acceptors (Lipinski definition) is 6. The number of carbonyl (C=O) groups is 3. The first-order chi connectivity index (χ1) is 18.7. The maximum absolute atomic E-state index is 14.7. The minimum absolute atomic E-state index is 0.0539. The molecule has 6 atom stereocenters. The van der Waals surface area contributed by atoms with Crippen LogP contribution in [0.4, 0.5) is 5.69 Å². The Labute approximate surface area is 236 Å². The Balaban J connectivity index is 1.76. The van der Waals surface area contributed by atoms with Crippen molar-refractivity contribution < 1.29 is 24.2 Å². The van der Waals surface area contributed by atoms with E-state index in [1.807, 2.05) is 32.0 Å². The molecular formula is C31H42N2O5S. The van der Waals surface area contributed by atoms with Gasteiger partial charge in [-0.15, -0.1) is 18.3 Å². The van der Waals surface area contributed by atoms with Crippen LogP contribution in [0.5, 0.6) is 0 Å². The van der Waals surface area contributed by atoms with Gasteiger partial charge in [-0.1, -0.05) is 50.6 Å². The van der Waals surface area contributed by atoms with Crippen LogP contribution in [-0.4, -0.2) is 70.1 Å². The summed E-state index contributed by atoms with van der Waals surface area (Å²) in [6.45, 7) is 14.7. The highest BCUT2D eigenvalue weighted by atomic mass is 32.2. The molecule has 0 saturated carbocycles. The van der Waals surface area contributed by atoms with E-state index in [2.05, 4.69) is 20.1 Å². The number of amides is 2. The molecule has 0 aromatic heterocycles. The zero-order chi connectivity index (χ0) is 28.3. The van der Waals surface area contributed by atoms with E-state index >= 15 is 0 Å². The molecule has 8 heteroatoms. The number of hydrogen-bond donors (Lipinski definition) is 1. The van der Waals surface area contributed by atoms with Gasteiger partial charge in [0.05, 0.1) is 16.6 Å². The Morgan fingerprint density at radius 3 is 2.64 bits per heavy atom. The highest BCUT2D eigenvalue weighted by Crippen LogP contribution is 2.68. The molecule has 2 bridgehead atoms. The second-order valence-electron chi connectivity index (χ2n) is 11.2. The number of thioether (sulfide) groups is 1. The third-order valence-corrected chi connectivity index (χ3v) is 10.7. The number of anilines is 1. The molecule has 1 spiro atoms. The number of unbranched alkanes of at least 4 members (excludes halogenated alkanes) is 3. The summed E-state index contributed by atoms with van der Waals surface area (Å²) in [4.78, 5) is 45.7. The molecule has 0 radical (unpaired) electrons. The van der Waals surface area contributed by atoms with Gasteiger partial charge in [0.15, 0.2) is 0 Å². The Hall–Kier alpha value is -2.58. The van der Waals surface area contributed by atoms with Crippen LogP contribution in [0.1, 0.15) is 50.2 Å². The number of aryl methyl sites for hydroxylation is 2. The summed E-state index contributed by atoms with van der Waals surface area (Å²) in [5, 5.41) is 9.12. The highest BCUT2D eigenvalue weighted by molar-refractivity contribution is 8.02. The van der Waals surface area contributed by atoms with Crippen molar-refractivity contribution in [2.75, 3.05) is 31.2 Å². The van der Waals surface area contributed by atoms with Gasteiger partial charge in [-0.05, 0) is 56.2 Å². The van der Waals surface area contributed by atoms with Gasteiger partial charge < -0.3 is 19.6 Å². The number of esters is 1. The normalized spacial score (nSPS) is 28.9. The Kier molecular flexibility index (Phi) is 9.27. The summed E-state index contributed by atoms with van der Waals surface area (Å²) in [6.07, 6.45) is 7.19. The van der Waals surface area contributed by atoms with Crippen molar-refractivity contribution >= 4 is 35.2 Å². The van der Waals surface area contributed by atoms with Crippen molar-refractivity contribution in [2.45, 2.75) is 68.9 Å². The zero-order valence-corrected chi connectivity index (χ0v) is 24.3. The third-order valence-electron chi connectivity index (χ3n) is 8.64. The molecule has 1 N–H and O–H groups in total. The highest BCUT2D eigenvalue weighted by Gasteiger charge is 2.76. The maximum Gasteiger partial charge on any atom is 0.311 e. The van der Waals surface area contributed by atoms with Crippen molar-refractivity contribution in [2.24, 2.45) is 17.8 Å². The molecule has 39 heavy (non-hydrogen) atoms. The largest absolute Gasteiger partial charge is 0.461 e. The summed E-state index contributed by atoms with van der Waals surface area (Å²) in [5.41, 5.74) is 2.85. The molecule has 212 valence electrons. The Morgan fingerprint density at radius 2 is 1.95 bits per heavy atom. The van der Waals surface area contributed by atoms with E-state index < -0.39 is 22.6 Å².